The predicted molar refractivity (Wildman–Crippen MR) is 58.6 cm³/mol. The van der Waals surface area contributed by atoms with E-state index < -0.39 is 0 Å². The van der Waals surface area contributed by atoms with Crippen LogP contribution in [0.15, 0.2) is 30.3 Å². The molecule has 68 valence electrons. The average molecular weight is 193 g/mol. The van der Waals surface area contributed by atoms with E-state index >= 15 is 0 Å². The predicted octanol–water partition coefficient (Wildman–Crippen LogP) is 1.84. The fraction of sp³-hybridized carbons (Fsp3) is 0.300. The maximum atomic E-state index is 3.40. The summed E-state index contributed by atoms with van der Waals surface area (Å²) in [6.45, 7) is 1.14. The van der Waals surface area contributed by atoms with Gasteiger partial charge in [-0.05, 0) is 23.9 Å². The lowest BCUT2D eigenvalue weighted by atomic mass is 10.3. The topological polar surface area (TPSA) is 15.0 Å². The van der Waals surface area contributed by atoms with E-state index in [0.717, 1.165) is 6.54 Å². The minimum atomic E-state index is 1.14. The van der Waals surface area contributed by atoms with Crippen LogP contribution in [0.3, 0.4) is 0 Å². The Kier molecular flexibility index (Phi) is 2.54. The molecule has 1 aromatic rings. The molecule has 1 aromatic carbocycles. The van der Waals surface area contributed by atoms with Crippen molar-refractivity contribution in [3.63, 3.8) is 0 Å². The number of hydrogen-bond acceptors (Lipinski definition) is 2. The SMILES string of the molecule is C[N+]1=C(Nc2ccccc2)SCC1. The molecule has 0 atom stereocenters. The van der Waals surface area contributed by atoms with Gasteiger partial charge < -0.3 is 0 Å². The molecule has 2 nitrogen and oxygen atoms in total. The lowest BCUT2D eigenvalue weighted by molar-refractivity contribution is -0.486. The Balaban J connectivity index is 2.11. The largest absolute Gasteiger partial charge is 0.311 e. The number of rotatable bonds is 1. The molecule has 0 bridgehead atoms. The summed E-state index contributed by atoms with van der Waals surface area (Å²) in [5.41, 5.74) is 1.17. The van der Waals surface area contributed by atoms with Crippen LogP contribution in [-0.4, -0.2) is 29.1 Å². The van der Waals surface area contributed by atoms with E-state index in [0.29, 0.717) is 0 Å². The molecule has 0 amide bonds. The van der Waals surface area contributed by atoms with Crippen molar-refractivity contribution >= 4 is 22.6 Å². The van der Waals surface area contributed by atoms with Gasteiger partial charge in [0.05, 0.1) is 13.6 Å². The lowest BCUT2D eigenvalue weighted by Gasteiger charge is -1.98. The number of nitrogens with one attached hydrogen (secondary N) is 1. The van der Waals surface area contributed by atoms with Gasteiger partial charge in [0.2, 0.25) is 0 Å². The molecule has 0 aliphatic carbocycles. The number of hydrogen-bond donors (Lipinski definition) is 1. The van der Waals surface area contributed by atoms with Crippen molar-refractivity contribution in [1.82, 2.24) is 0 Å². The Morgan fingerprint density at radius 1 is 1.31 bits per heavy atom. The fourth-order valence-corrected chi connectivity index (χ4v) is 2.33. The van der Waals surface area contributed by atoms with Crippen molar-refractivity contribution in [2.45, 2.75) is 0 Å². The van der Waals surface area contributed by atoms with Gasteiger partial charge in [0.1, 0.15) is 5.69 Å². The Morgan fingerprint density at radius 3 is 2.69 bits per heavy atom. The van der Waals surface area contributed by atoms with E-state index in [-0.39, 0.29) is 0 Å². The number of amidine groups is 1. The van der Waals surface area contributed by atoms with E-state index in [4.69, 9.17) is 0 Å². The van der Waals surface area contributed by atoms with Gasteiger partial charge in [-0.2, -0.15) is 0 Å². The van der Waals surface area contributed by atoms with Gasteiger partial charge in [-0.3, -0.25) is 4.58 Å². The van der Waals surface area contributed by atoms with Crippen LogP contribution in [0.25, 0.3) is 0 Å². The third-order valence-electron chi connectivity index (χ3n) is 2.04. The maximum Gasteiger partial charge on any atom is 0.311 e. The van der Waals surface area contributed by atoms with Gasteiger partial charge in [0.25, 0.3) is 0 Å². The lowest BCUT2D eigenvalue weighted by Crippen LogP contribution is -2.16. The first-order chi connectivity index (χ1) is 6.36. The van der Waals surface area contributed by atoms with Crippen LogP contribution < -0.4 is 5.32 Å². The molecule has 1 aliphatic rings. The van der Waals surface area contributed by atoms with Crippen molar-refractivity contribution in [2.75, 3.05) is 24.7 Å². The Hall–Kier alpha value is -0.960. The number of benzene rings is 1. The zero-order chi connectivity index (χ0) is 9.10. The molecule has 3 heteroatoms. The van der Waals surface area contributed by atoms with Crippen molar-refractivity contribution in [3.05, 3.63) is 30.3 Å². The summed E-state index contributed by atoms with van der Waals surface area (Å²) < 4.78 is 2.25. The highest BCUT2D eigenvalue weighted by atomic mass is 32.2. The second-order valence-electron chi connectivity index (χ2n) is 3.07. The molecule has 0 saturated heterocycles. The second kappa shape index (κ2) is 3.83. The highest BCUT2D eigenvalue weighted by Crippen LogP contribution is 2.14. The third kappa shape index (κ3) is 2.04. The van der Waals surface area contributed by atoms with Crippen molar-refractivity contribution < 1.29 is 4.58 Å². The van der Waals surface area contributed by atoms with Crippen molar-refractivity contribution in [2.24, 2.45) is 0 Å². The minimum absolute atomic E-state index is 1.14. The molecule has 0 spiro atoms. The zero-order valence-electron chi connectivity index (χ0n) is 7.66. The quantitative estimate of drug-likeness (QED) is 0.685. The second-order valence-corrected chi connectivity index (χ2v) is 4.15. The first-order valence-electron chi connectivity index (χ1n) is 4.39. The van der Waals surface area contributed by atoms with Gasteiger partial charge in [-0.25, -0.2) is 5.32 Å². The summed E-state index contributed by atoms with van der Waals surface area (Å²) in [6, 6.07) is 10.3. The molecule has 2 rings (SSSR count). The van der Waals surface area contributed by atoms with E-state index in [1.165, 1.54) is 16.6 Å². The summed E-state index contributed by atoms with van der Waals surface area (Å²) in [5, 5.41) is 4.65. The first kappa shape index (κ1) is 8.63. The number of para-hydroxylation sites is 1. The molecule has 13 heavy (non-hydrogen) atoms. The van der Waals surface area contributed by atoms with Gasteiger partial charge in [-0.15, -0.1) is 0 Å². The molecule has 0 aromatic heterocycles. The maximum absolute atomic E-state index is 3.40. The van der Waals surface area contributed by atoms with Gasteiger partial charge in [0, 0.05) is 5.75 Å². The highest BCUT2D eigenvalue weighted by Gasteiger charge is 2.18. The van der Waals surface area contributed by atoms with Gasteiger partial charge in [0.15, 0.2) is 0 Å². The highest BCUT2D eigenvalue weighted by molar-refractivity contribution is 8.14. The summed E-state index contributed by atoms with van der Waals surface area (Å²) in [5.74, 6) is 1.19. The van der Waals surface area contributed by atoms with Crippen molar-refractivity contribution in [3.8, 4) is 0 Å². The number of thioether (sulfide) groups is 1. The van der Waals surface area contributed by atoms with Crippen LogP contribution in [0.2, 0.25) is 0 Å². The Morgan fingerprint density at radius 2 is 2.08 bits per heavy atom. The van der Waals surface area contributed by atoms with Crippen LogP contribution in [0.5, 0.6) is 0 Å². The molecule has 1 aliphatic heterocycles. The van der Waals surface area contributed by atoms with Crippen LogP contribution in [-0.2, 0) is 0 Å². The Labute approximate surface area is 82.7 Å². The molecule has 0 saturated carbocycles. The normalized spacial score (nSPS) is 16.4. The number of nitrogens with zero attached hydrogens (tertiary/aromatic N) is 1. The zero-order valence-corrected chi connectivity index (χ0v) is 8.47. The summed E-state index contributed by atoms with van der Waals surface area (Å²) in [6.07, 6.45) is 0. The molecule has 0 unspecified atom stereocenters. The molecular formula is C10H13N2S+. The van der Waals surface area contributed by atoms with E-state index in [9.17, 15) is 0 Å². The monoisotopic (exact) mass is 193 g/mol. The van der Waals surface area contributed by atoms with E-state index in [2.05, 4.69) is 29.1 Å². The molecule has 0 radical (unpaired) electrons. The van der Waals surface area contributed by atoms with E-state index in [1.807, 2.05) is 30.0 Å². The van der Waals surface area contributed by atoms with Crippen LogP contribution in [0.4, 0.5) is 5.69 Å². The summed E-state index contributed by atoms with van der Waals surface area (Å²) in [7, 11) is 2.12. The Bertz CT molecular complexity index is 319. The molecule has 0 fully saturated rings. The van der Waals surface area contributed by atoms with Crippen LogP contribution >= 0.6 is 11.8 Å². The average Bonchev–Trinajstić information content (AvgIpc) is 2.54. The molecular weight excluding hydrogens is 180 g/mol. The molecule has 1 N–H and O–H groups in total. The summed E-state index contributed by atoms with van der Waals surface area (Å²) in [4.78, 5) is 0. The van der Waals surface area contributed by atoms with Gasteiger partial charge in [-0.1, -0.05) is 18.2 Å². The fourth-order valence-electron chi connectivity index (χ4n) is 1.27. The van der Waals surface area contributed by atoms with Gasteiger partial charge >= 0.3 is 5.17 Å². The van der Waals surface area contributed by atoms with E-state index in [1.54, 1.807) is 0 Å². The van der Waals surface area contributed by atoms with Crippen LogP contribution in [0, 0.1) is 0 Å². The standard InChI is InChI=1S/C10H12N2S/c1-12-7-8-13-10(12)11-9-5-3-2-4-6-9/h2-6H,7-8H2,1H3/p+1. The minimum Gasteiger partial charge on any atom is -0.258 e. The van der Waals surface area contributed by atoms with Crippen LogP contribution in [0.1, 0.15) is 0 Å². The summed E-state index contributed by atoms with van der Waals surface area (Å²) >= 11 is 1.88. The number of anilines is 1. The smallest absolute Gasteiger partial charge is 0.258 e. The van der Waals surface area contributed by atoms with Crippen molar-refractivity contribution in [1.29, 1.82) is 0 Å². The molecule has 1 heterocycles. The third-order valence-corrected chi connectivity index (χ3v) is 3.11. The first-order valence-corrected chi connectivity index (χ1v) is 5.38.